The summed E-state index contributed by atoms with van der Waals surface area (Å²) >= 11 is 0. The maximum Gasteiger partial charge on any atom is 0.00766 e. The fourth-order valence-electron chi connectivity index (χ4n) is 8.71. The maximum absolute atomic E-state index is 6.34. The highest BCUT2D eigenvalue weighted by atomic mass is 14.7. The molecule has 0 radical (unpaired) electrons. The normalized spacial score (nSPS) is 46.5. The fourth-order valence-corrected chi connectivity index (χ4v) is 8.71. The smallest absolute Gasteiger partial charge is 0.00766 e. The van der Waals surface area contributed by atoms with Gasteiger partial charge in [-0.05, 0) is 97.7 Å². The highest BCUT2D eigenvalue weighted by Crippen LogP contribution is 2.67. The third kappa shape index (κ3) is 3.42. The quantitative estimate of drug-likeness (QED) is 0.492. The third-order valence-corrected chi connectivity index (χ3v) is 10.3. The second-order valence-electron chi connectivity index (χ2n) is 12.3. The van der Waals surface area contributed by atoms with Gasteiger partial charge in [-0.3, -0.25) is 0 Å². The molecular formula is C27H47N. The fraction of sp³-hybridized carbons (Fsp3) is 0.926. The summed E-state index contributed by atoms with van der Waals surface area (Å²) in [5.41, 5.74) is 9.18. The lowest BCUT2D eigenvalue weighted by Gasteiger charge is -2.58. The summed E-state index contributed by atoms with van der Waals surface area (Å²) < 4.78 is 0. The van der Waals surface area contributed by atoms with Crippen molar-refractivity contribution in [2.45, 2.75) is 111 Å². The van der Waals surface area contributed by atoms with E-state index in [2.05, 4.69) is 40.7 Å². The zero-order valence-corrected chi connectivity index (χ0v) is 19.5. The Bertz CT molecular complexity index is 591. The van der Waals surface area contributed by atoms with Crippen molar-refractivity contribution in [1.29, 1.82) is 0 Å². The summed E-state index contributed by atoms with van der Waals surface area (Å²) in [5.74, 6) is 5.63. The van der Waals surface area contributed by atoms with Crippen LogP contribution < -0.4 is 5.73 Å². The molecule has 4 rings (SSSR count). The largest absolute Gasteiger partial charge is 0.327 e. The molecule has 1 heteroatoms. The molecule has 4 aliphatic rings. The molecule has 0 heterocycles. The minimum atomic E-state index is 0.423. The number of fused-ring (bicyclic) bond motifs is 5. The first-order chi connectivity index (χ1) is 13.3. The Morgan fingerprint density at radius 1 is 1.00 bits per heavy atom. The molecule has 28 heavy (non-hydrogen) atoms. The van der Waals surface area contributed by atoms with Gasteiger partial charge in [-0.1, -0.05) is 65.5 Å². The summed E-state index contributed by atoms with van der Waals surface area (Å²) in [4.78, 5) is 0. The number of nitrogens with two attached hydrogens (primary N) is 1. The first kappa shape index (κ1) is 21.0. The topological polar surface area (TPSA) is 26.0 Å². The van der Waals surface area contributed by atoms with E-state index in [4.69, 9.17) is 5.73 Å². The van der Waals surface area contributed by atoms with Gasteiger partial charge in [0.25, 0.3) is 0 Å². The Balaban J connectivity index is 1.49. The van der Waals surface area contributed by atoms with Gasteiger partial charge in [-0.25, -0.2) is 0 Å². The first-order valence-electron chi connectivity index (χ1n) is 12.7. The summed E-state index contributed by atoms with van der Waals surface area (Å²) in [5, 5.41) is 0. The van der Waals surface area contributed by atoms with E-state index in [1.54, 1.807) is 5.57 Å². The number of allylic oxidation sites excluding steroid dienone is 1. The molecule has 0 aliphatic heterocycles. The molecule has 0 bridgehead atoms. The average Bonchev–Trinajstić information content (AvgIpc) is 2.99. The van der Waals surface area contributed by atoms with Crippen LogP contribution in [0.2, 0.25) is 0 Å². The molecule has 8 atom stereocenters. The molecule has 4 aliphatic carbocycles. The molecule has 0 amide bonds. The number of hydrogen-bond donors (Lipinski definition) is 1. The van der Waals surface area contributed by atoms with Crippen molar-refractivity contribution in [3.05, 3.63) is 11.6 Å². The molecule has 4 unspecified atom stereocenters. The van der Waals surface area contributed by atoms with Crippen LogP contribution in [-0.4, -0.2) is 6.04 Å². The number of hydrogen-bond acceptors (Lipinski definition) is 1. The van der Waals surface area contributed by atoms with Gasteiger partial charge in [0.15, 0.2) is 0 Å². The minimum absolute atomic E-state index is 0.423. The molecule has 2 N–H and O–H groups in total. The third-order valence-electron chi connectivity index (χ3n) is 10.3. The summed E-state index contributed by atoms with van der Waals surface area (Å²) in [6.07, 6.45) is 18.1. The van der Waals surface area contributed by atoms with Crippen LogP contribution in [0.5, 0.6) is 0 Å². The van der Waals surface area contributed by atoms with Crippen LogP contribution in [0.1, 0.15) is 105 Å². The van der Waals surface area contributed by atoms with E-state index in [0.717, 1.165) is 35.5 Å². The summed E-state index contributed by atoms with van der Waals surface area (Å²) in [6, 6.07) is 0.423. The van der Waals surface area contributed by atoms with Crippen molar-refractivity contribution in [1.82, 2.24) is 0 Å². The van der Waals surface area contributed by atoms with Gasteiger partial charge in [0, 0.05) is 6.04 Å². The Kier molecular flexibility index (Phi) is 5.80. The highest BCUT2D eigenvalue weighted by Gasteiger charge is 2.58. The molecule has 0 spiro atoms. The molecule has 0 aromatic carbocycles. The van der Waals surface area contributed by atoms with E-state index in [9.17, 15) is 0 Å². The lowest BCUT2D eigenvalue weighted by Crippen LogP contribution is -2.51. The van der Waals surface area contributed by atoms with Crippen LogP contribution in [0.3, 0.4) is 0 Å². The van der Waals surface area contributed by atoms with E-state index in [1.165, 1.54) is 70.6 Å². The van der Waals surface area contributed by atoms with Gasteiger partial charge in [0.1, 0.15) is 0 Å². The predicted molar refractivity (Wildman–Crippen MR) is 121 cm³/mol. The van der Waals surface area contributed by atoms with Crippen molar-refractivity contribution >= 4 is 0 Å². The molecular weight excluding hydrogens is 338 g/mol. The predicted octanol–water partition coefficient (Wildman–Crippen LogP) is 7.36. The number of rotatable bonds is 5. The van der Waals surface area contributed by atoms with Crippen molar-refractivity contribution < 1.29 is 0 Å². The summed E-state index contributed by atoms with van der Waals surface area (Å²) in [7, 11) is 0. The second-order valence-corrected chi connectivity index (χ2v) is 12.3. The van der Waals surface area contributed by atoms with Crippen LogP contribution in [0.15, 0.2) is 11.6 Å². The van der Waals surface area contributed by atoms with Gasteiger partial charge in [-0.15, -0.1) is 0 Å². The molecule has 0 saturated heterocycles. The van der Waals surface area contributed by atoms with Gasteiger partial charge in [-0.2, -0.15) is 0 Å². The van der Waals surface area contributed by atoms with Crippen LogP contribution >= 0.6 is 0 Å². The molecule has 0 aromatic heterocycles. The van der Waals surface area contributed by atoms with Crippen LogP contribution in [-0.2, 0) is 0 Å². The Morgan fingerprint density at radius 3 is 2.54 bits per heavy atom. The van der Waals surface area contributed by atoms with Crippen LogP contribution in [0, 0.1) is 46.3 Å². The van der Waals surface area contributed by atoms with E-state index >= 15 is 0 Å². The van der Waals surface area contributed by atoms with Gasteiger partial charge in [0.2, 0.25) is 0 Å². The zero-order chi connectivity index (χ0) is 20.1. The Hall–Kier alpha value is -0.300. The zero-order valence-electron chi connectivity index (χ0n) is 19.5. The Labute approximate surface area is 175 Å². The lowest BCUT2D eigenvalue weighted by molar-refractivity contribution is -0.0508. The van der Waals surface area contributed by atoms with Crippen molar-refractivity contribution in [3.63, 3.8) is 0 Å². The lowest BCUT2D eigenvalue weighted by atomic mass is 9.47. The average molecular weight is 386 g/mol. The maximum atomic E-state index is 6.34. The molecule has 3 saturated carbocycles. The highest BCUT2D eigenvalue weighted by molar-refractivity contribution is 5.25. The van der Waals surface area contributed by atoms with E-state index in [1.807, 2.05) is 0 Å². The van der Waals surface area contributed by atoms with Crippen molar-refractivity contribution in [2.75, 3.05) is 0 Å². The van der Waals surface area contributed by atoms with E-state index < -0.39 is 0 Å². The minimum Gasteiger partial charge on any atom is -0.327 e. The van der Waals surface area contributed by atoms with E-state index in [-0.39, 0.29) is 0 Å². The van der Waals surface area contributed by atoms with Gasteiger partial charge in [0.05, 0.1) is 0 Å². The SMILES string of the molecule is CC(C)CCCC(C)[C@H]1CCC2C3CC=C4C[C@@H](N)CC[C@]4(C)C3CC[C@@]21C. The van der Waals surface area contributed by atoms with Crippen LogP contribution in [0.25, 0.3) is 0 Å². The van der Waals surface area contributed by atoms with Gasteiger partial charge < -0.3 is 5.73 Å². The van der Waals surface area contributed by atoms with Crippen molar-refractivity contribution in [2.24, 2.45) is 52.1 Å². The Morgan fingerprint density at radius 2 is 1.79 bits per heavy atom. The molecule has 160 valence electrons. The second kappa shape index (κ2) is 7.75. The first-order valence-corrected chi connectivity index (χ1v) is 12.7. The van der Waals surface area contributed by atoms with Crippen molar-refractivity contribution in [3.8, 4) is 0 Å². The standard InChI is InChI=1S/C27H47N/c1-18(2)7-6-8-19(3)23-11-12-24-22-10-9-20-17-21(28)13-15-26(20,4)25(22)14-16-27(23,24)5/h9,18-19,21-25H,6-8,10-17,28H2,1-5H3/t19?,21-,22?,23+,24?,25?,26-,27+/m0/s1. The van der Waals surface area contributed by atoms with Crippen LogP contribution in [0.4, 0.5) is 0 Å². The van der Waals surface area contributed by atoms with Gasteiger partial charge >= 0.3 is 0 Å². The summed E-state index contributed by atoms with van der Waals surface area (Å²) in [6.45, 7) is 12.7. The molecule has 1 nitrogen and oxygen atoms in total. The molecule has 3 fully saturated rings. The van der Waals surface area contributed by atoms with E-state index in [0.29, 0.717) is 16.9 Å². The molecule has 0 aromatic rings. The monoisotopic (exact) mass is 385 g/mol.